The number of H-pyrrole nitrogens is 1. The fourth-order valence-electron chi connectivity index (χ4n) is 2.02. The Balaban J connectivity index is 1.92. The van der Waals surface area contributed by atoms with Crippen LogP contribution in [0.5, 0.6) is 0 Å². The minimum Gasteiger partial charge on any atom is -0.308 e. The van der Waals surface area contributed by atoms with Crippen LogP contribution in [-0.4, -0.2) is 32.0 Å². The molecule has 0 radical (unpaired) electrons. The molecule has 25 heavy (non-hydrogen) atoms. The van der Waals surface area contributed by atoms with Crippen LogP contribution >= 0.6 is 11.8 Å². The molecule has 0 saturated heterocycles. The highest BCUT2D eigenvalue weighted by Crippen LogP contribution is 2.20. The number of unbranched alkanes of at least 4 members (excludes halogenated alkanes) is 1. The normalized spacial score (nSPS) is 11.8. The molecule has 8 nitrogen and oxygen atoms in total. The summed E-state index contributed by atoms with van der Waals surface area (Å²) < 4.78 is 1.50. The highest BCUT2D eigenvalue weighted by Gasteiger charge is 2.20. The van der Waals surface area contributed by atoms with Gasteiger partial charge < -0.3 is 5.32 Å². The third-order valence-electron chi connectivity index (χ3n) is 3.38. The number of hydrogen-bond donors (Lipinski definition) is 3. The minimum absolute atomic E-state index is 0.301. The lowest BCUT2D eigenvalue weighted by atomic mass is 10.3. The number of anilines is 1. The molecule has 0 aliphatic rings. The van der Waals surface area contributed by atoms with Gasteiger partial charge in [-0.1, -0.05) is 43.3 Å². The van der Waals surface area contributed by atoms with E-state index >= 15 is 0 Å². The lowest BCUT2D eigenvalue weighted by Gasteiger charge is -2.12. The fraction of sp³-hybridized carbons (Fsp3) is 0.375. The van der Waals surface area contributed by atoms with Crippen molar-refractivity contribution in [1.82, 2.24) is 20.1 Å². The summed E-state index contributed by atoms with van der Waals surface area (Å²) >= 11 is 1.13. The minimum atomic E-state index is -0.603. The van der Waals surface area contributed by atoms with Gasteiger partial charge in [0.2, 0.25) is 5.91 Å². The van der Waals surface area contributed by atoms with E-state index in [1.807, 2.05) is 13.0 Å². The van der Waals surface area contributed by atoms with Gasteiger partial charge in [0.05, 0.1) is 5.25 Å². The first-order valence-electron chi connectivity index (χ1n) is 8.00. The Morgan fingerprint density at radius 2 is 2.04 bits per heavy atom. The van der Waals surface area contributed by atoms with Crippen LogP contribution in [0.1, 0.15) is 26.7 Å². The Hall–Kier alpha value is -2.55. The second kappa shape index (κ2) is 9.07. The molecule has 0 spiro atoms. The summed E-state index contributed by atoms with van der Waals surface area (Å²) in [5.74, 6) is -0.462. The lowest BCUT2D eigenvalue weighted by molar-refractivity contribution is -0.119. The third-order valence-corrected chi connectivity index (χ3v) is 4.47. The van der Waals surface area contributed by atoms with E-state index in [-0.39, 0.29) is 5.69 Å². The molecule has 3 amide bonds. The number of aromatic amines is 1. The number of benzene rings is 1. The second-order valence-corrected chi connectivity index (χ2v) is 6.69. The fourth-order valence-corrected chi connectivity index (χ4v) is 2.90. The van der Waals surface area contributed by atoms with Crippen molar-refractivity contribution in [2.75, 3.05) is 5.32 Å². The molecular formula is C16H21N5O3S. The van der Waals surface area contributed by atoms with Gasteiger partial charge in [-0.05, 0) is 25.5 Å². The van der Waals surface area contributed by atoms with Gasteiger partial charge in [0.1, 0.15) is 0 Å². The number of rotatable bonds is 7. The molecule has 0 aliphatic carbocycles. The van der Waals surface area contributed by atoms with Crippen LogP contribution < -0.4 is 16.3 Å². The van der Waals surface area contributed by atoms with Crippen LogP contribution in [0, 0.1) is 0 Å². The third kappa shape index (κ3) is 5.49. The molecule has 0 fully saturated rings. The van der Waals surface area contributed by atoms with Crippen molar-refractivity contribution < 1.29 is 9.59 Å². The van der Waals surface area contributed by atoms with Gasteiger partial charge in [-0.3, -0.25) is 14.7 Å². The molecule has 2 aromatic rings. The quantitative estimate of drug-likeness (QED) is 0.654. The molecule has 1 atom stereocenters. The maximum atomic E-state index is 12.2. The van der Waals surface area contributed by atoms with Crippen molar-refractivity contribution in [3.63, 3.8) is 0 Å². The number of aromatic nitrogens is 3. The Morgan fingerprint density at radius 3 is 2.72 bits per heavy atom. The summed E-state index contributed by atoms with van der Waals surface area (Å²) in [7, 11) is 0. The summed E-state index contributed by atoms with van der Waals surface area (Å²) in [6.45, 7) is 4.22. The molecule has 0 saturated carbocycles. The maximum Gasteiger partial charge on any atom is 0.343 e. The largest absolute Gasteiger partial charge is 0.343 e. The van der Waals surface area contributed by atoms with Gasteiger partial charge in [-0.2, -0.15) is 0 Å². The van der Waals surface area contributed by atoms with E-state index in [1.165, 1.54) is 4.57 Å². The highest BCUT2D eigenvalue weighted by atomic mass is 32.2. The topological polar surface area (TPSA) is 109 Å². The van der Waals surface area contributed by atoms with Gasteiger partial charge in [0.15, 0.2) is 5.16 Å². The van der Waals surface area contributed by atoms with Crippen LogP contribution in [0.15, 0.2) is 40.3 Å². The van der Waals surface area contributed by atoms with E-state index in [0.29, 0.717) is 17.4 Å². The molecule has 1 heterocycles. The molecule has 0 aliphatic heterocycles. The zero-order chi connectivity index (χ0) is 18.2. The van der Waals surface area contributed by atoms with E-state index in [4.69, 9.17) is 0 Å². The zero-order valence-electron chi connectivity index (χ0n) is 14.1. The first-order valence-corrected chi connectivity index (χ1v) is 8.88. The number of urea groups is 1. The zero-order valence-corrected chi connectivity index (χ0v) is 14.9. The van der Waals surface area contributed by atoms with E-state index in [0.717, 1.165) is 24.6 Å². The molecule has 134 valence electrons. The molecular weight excluding hydrogens is 342 g/mol. The summed E-state index contributed by atoms with van der Waals surface area (Å²) in [5, 5.41) is 11.0. The number of para-hydroxylation sites is 1. The molecule has 3 N–H and O–H groups in total. The van der Waals surface area contributed by atoms with E-state index < -0.39 is 17.2 Å². The molecule has 9 heteroatoms. The molecule has 0 bridgehead atoms. The predicted molar refractivity (Wildman–Crippen MR) is 96.7 cm³/mol. The Labute approximate surface area is 149 Å². The monoisotopic (exact) mass is 363 g/mol. The van der Waals surface area contributed by atoms with Gasteiger partial charge in [-0.15, -0.1) is 5.10 Å². The van der Waals surface area contributed by atoms with Crippen LogP contribution in [0.3, 0.4) is 0 Å². The molecule has 1 aromatic heterocycles. The van der Waals surface area contributed by atoms with Crippen molar-refractivity contribution in [3.8, 4) is 0 Å². The number of carbonyl (C=O) groups excluding carboxylic acids is 2. The number of hydrogen-bond acceptors (Lipinski definition) is 5. The number of carbonyl (C=O) groups is 2. The highest BCUT2D eigenvalue weighted by molar-refractivity contribution is 8.00. The number of nitrogens with one attached hydrogen (secondary N) is 3. The standard InChI is InChI=1S/C16H21N5O3S/c1-3-4-10-21-15(24)19-20-16(21)25-11(2)13(22)18-14(23)17-12-8-6-5-7-9-12/h5-9,11H,3-4,10H2,1-2H3,(H,19,24)(H2,17,18,22,23). The number of thioether (sulfide) groups is 1. The summed E-state index contributed by atoms with van der Waals surface area (Å²) in [4.78, 5) is 35.8. The van der Waals surface area contributed by atoms with Gasteiger partial charge in [0, 0.05) is 12.2 Å². The van der Waals surface area contributed by atoms with Crippen molar-refractivity contribution in [2.45, 2.75) is 43.6 Å². The summed E-state index contributed by atoms with van der Waals surface area (Å²) in [6, 6.07) is 8.23. The Bertz CT molecular complexity index is 772. The predicted octanol–water partition coefficient (Wildman–Crippen LogP) is 2.20. The first-order chi connectivity index (χ1) is 12.0. The smallest absolute Gasteiger partial charge is 0.308 e. The Morgan fingerprint density at radius 1 is 1.32 bits per heavy atom. The number of amides is 3. The second-order valence-electron chi connectivity index (χ2n) is 5.39. The SMILES string of the molecule is CCCCn1c(SC(C)C(=O)NC(=O)Nc2ccccc2)n[nH]c1=O. The summed E-state index contributed by atoms with van der Waals surface area (Å²) in [6.07, 6.45) is 1.78. The van der Waals surface area contributed by atoms with Crippen LogP contribution in [0.2, 0.25) is 0 Å². The summed E-state index contributed by atoms with van der Waals surface area (Å²) in [5.41, 5.74) is 0.291. The number of imide groups is 1. The van der Waals surface area contributed by atoms with Gasteiger partial charge >= 0.3 is 11.7 Å². The first kappa shape index (κ1) is 18.8. The van der Waals surface area contributed by atoms with E-state index in [2.05, 4.69) is 20.8 Å². The average molecular weight is 363 g/mol. The average Bonchev–Trinajstić information content (AvgIpc) is 2.93. The van der Waals surface area contributed by atoms with E-state index in [9.17, 15) is 14.4 Å². The number of nitrogens with zero attached hydrogens (tertiary/aromatic N) is 2. The molecule has 1 unspecified atom stereocenters. The molecule has 2 rings (SSSR count). The molecule has 1 aromatic carbocycles. The van der Waals surface area contributed by atoms with Crippen molar-refractivity contribution >= 4 is 29.4 Å². The van der Waals surface area contributed by atoms with E-state index in [1.54, 1.807) is 31.2 Å². The Kier molecular flexibility index (Phi) is 6.81. The van der Waals surface area contributed by atoms with Crippen LogP contribution in [0.25, 0.3) is 0 Å². The van der Waals surface area contributed by atoms with Gasteiger partial charge in [-0.25, -0.2) is 14.7 Å². The van der Waals surface area contributed by atoms with Crippen LogP contribution in [-0.2, 0) is 11.3 Å². The van der Waals surface area contributed by atoms with Crippen molar-refractivity contribution in [2.24, 2.45) is 0 Å². The van der Waals surface area contributed by atoms with Crippen LogP contribution in [0.4, 0.5) is 10.5 Å². The van der Waals surface area contributed by atoms with Crippen molar-refractivity contribution in [1.29, 1.82) is 0 Å². The maximum absolute atomic E-state index is 12.2. The van der Waals surface area contributed by atoms with Crippen molar-refractivity contribution in [3.05, 3.63) is 40.8 Å². The lowest BCUT2D eigenvalue weighted by Crippen LogP contribution is -2.39. The van der Waals surface area contributed by atoms with Gasteiger partial charge in [0.25, 0.3) is 0 Å².